The maximum atomic E-state index is 11.6. The second-order valence-corrected chi connectivity index (χ2v) is 11.2. The molecule has 6 heteroatoms. The lowest BCUT2D eigenvalue weighted by molar-refractivity contribution is -0.224. The number of hydrogen-bond acceptors (Lipinski definition) is 6. The predicted octanol–water partition coefficient (Wildman–Crippen LogP) is 2.34. The standard InChI is InChI=1S/C24H32O6/c1-21-8-5-14(25)11-23(21,28)10-7-16-15(21)6-9-22(2)18(13-3-4-17(26)29-12-13)19(27)20-24(16,22)30-20/h3-4,12,14-16,18-20,25,27-28H,5-11H2,1-2H3/t14-,15-,16+,18-,19+,20-,21+,22+,23-,24+/m0/s1. The summed E-state index contributed by atoms with van der Waals surface area (Å²) in [7, 11) is 0. The molecular weight excluding hydrogens is 384 g/mol. The van der Waals surface area contributed by atoms with Gasteiger partial charge in [0.2, 0.25) is 0 Å². The third-order valence-corrected chi connectivity index (χ3v) is 10.3. The molecule has 30 heavy (non-hydrogen) atoms. The first-order valence-electron chi connectivity index (χ1n) is 11.5. The van der Waals surface area contributed by atoms with Crippen molar-refractivity contribution in [1.29, 1.82) is 0 Å². The third kappa shape index (κ3) is 2.07. The van der Waals surface area contributed by atoms with Gasteiger partial charge in [0, 0.05) is 23.8 Å². The van der Waals surface area contributed by atoms with Crippen LogP contribution < -0.4 is 5.63 Å². The summed E-state index contributed by atoms with van der Waals surface area (Å²) < 4.78 is 11.6. The van der Waals surface area contributed by atoms with E-state index in [4.69, 9.17) is 9.15 Å². The van der Waals surface area contributed by atoms with E-state index in [0.29, 0.717) is 18.8 Å². The average Bonchev–Trinajstić information content (AvgIpc) is 3.41. The first-order valence-corrected chi connectivity index (χ1v) is 11.5. The highest BCUT2D eigenvalue weighted by molar-refractivity contribution is 5.38. The molecule has 5 fully saturated rings. The number of ether oxygens (including phenoxy) is 1. The number of aliphatic hydroxyl groups excluding tert-OH is 2. The summed E-state index contributed by atoms with van der Waals surface area (Å²) in [6, 6.07) is 3.22. The monoisotopic (exact) mass is 416 g/mol. The van der Waals surface area contributed by atoms with E-state index < -0.39 is 17.8 Å². The Morgan fingerprint density at radius 1 is 1.00 bits per heavy atom. The lowest BCUT2D eigenvalue weighted by Gasteiger charge is -2.63. The molecule has 0 radical (unpaired) electrons. The van der Waals surface area contributed by atoms with E-state index >= 15 is 0 Å². The van der Waals surface area contributed by atoms with Gasteiger partial charge in [0.25, 0.3) is 0 Å². The smallest absolute Gasteiger partial charge is 0.335 e. The van der Waals surface area contributed by atoms with Crippen LogP contribution >= 0.6 is 0 Å². The zero-order valence-corrected chi connectivity index (χ0v) is 17.7. The van der Waals surface area contributed by atoms with Crippen LogP contribution in [0.25, 0.3) is 0 Å². The van der Waals surface area contributed by atoms with Gasteiger partial charge in [-0.3, -0.25) is 0 Å². The molecule has 2 heterocycles. The Kier molecular flexibility index (Phi) is 3.75. The van der Waals surface area contributed by atoms with E-state index in [1.54, 1.807) is 6.07 Å². The molecule has 1 saturated heterocycles. The predicted molar refractivity (Wildman–Crippen MR) is 108 cm³/mol. The van der Waals surface area contributed by atoms with Gasteiger partial charge in [0.05, 0.1) is 24.1 Å². The van der Waals surface area contributed by atoms with Crippen molar-refractivity contribution in [3.05, 3.63) is 34.4 Å². The largest absolute Gasteiger partial charge is 0.431 e. The Balaban J connectivity index is 1.40. The van der Waals surface area contributed by atoms with Crippen molar-refractivity contribution in [2.24, 2.45) is 22.7 Å². The van der Waals surface area contributed by atoms with Crippen LogP contribution in [0.15, 0.2) is 27.6 Å². The highest BCUT2D eigenvalue weighted by atomic mass is 16.6. The molecule has 0 aromatic carbocycles. The van der Waals surface area contributed by atoms with Crippen molar-refractivity contribution in [3.8, 4) is 0 Å². The van der Waals surface area contributed by atoms with E-state index in [1.165, 1.54) is 12.3 Å². The molecule has 1 aromatic heterocycles. The molecule has 1 spiro atoms. The maximum Gasteiger partial charge on any atom is 0.335 e. The van der Waals surface area contributed by atoms with Crippen LogP contribution in [0.3, 0.4) is 0 Å². The highest BCUT2D eigenvalue weighted by Crippen LogP contribution is 2.78. The minimum Gasteiger partial charge on any atom is -0.431 e. The first kappa shape index (κ1) is 19.5. The van der Waals surface area contributed by atoms with Crippen molar-refractivity contribution in [1.82, 2.24) is 0 Å². The Morgan fingerprint density at radius 3 is 2.47 bits per heavy atom. The van der Waals surface area contributed by atoms with Gasteiger partial charge in [-0.05, 0) is 67.4 Å². The zero-order chi connectivity index (χ0) is 21.1. The maximum absolute atomic E-state index is 11.6. The number of rotatable bonds is 1. The Bertz CT molecular complexity index is 923. The average molecular weight is 417 g/mol. The van der Waals surface area contributed by atoms with Crippen LogP contribution in [0.5, 0.6) is 0 Å². The van der Waals surface area contributed by atoms with Crippen LogP contribution in [0, 0.1) is 22.7 Å². The molecule has 164 valence electrons. The van der Waals surface area contributed by atoms with E-state index in [9.17, 15) is 20.1 Å². The molecular formula is C24H32O6. The Labute approximate surface area is 176 Å². The summed E-state index contributed by atoms with van der Waals surface area (Å²) in [6.07, 6.45) is 5.74. The van der Waals surface area contributed by atoms with Crippen molar-refractivity contribution in [2.45, 2.75) is 94.2 Å². The molecule has 4 saturated carbocycles. The minimum atomic E-state index is -0.819. The first-order chi connectivity index (χ1) is 14.2. The normalized spacial score (nSPS) is 56.4. The van der Waals surface area contributed by atoms with Crippen LogP contribution in [-0.2, 0) is 4.74 Å². The van der Waals surface area contributed by atoms with Gasteiger partial charge in [-0.25, -0.2) is 4.79 Å². The summed E-state index contributed by atoms with van der Waals surface area (Å²) in [5.74, 6) is 0.488. The molecule has 0 bridgehead atoms. The minimum absolute atomic E-state index is 0.122. The van der Waals surface area contributed by atoms with Crippen molar-refractivity contribution in [2.75, 3.05) is 0 Å². The fourth-order valence-electron chi connectivity index (χ4n) is 8.81. The molecule has 4 aliphatic carbocycles. The van der Waals surface area contributed by atoms with E-state index in [-0.39, 0.29) is 40.0 Å². The summed E-state index contributed by atoms with van der Waals surface area (Å²) in [6.45, 7) is 4.46. The third-order valence-electron chi connectivity index (χ3n) is 10.3. The van der Waals surface area contributed by atoms with Crippen LogP contribution in [0.2, 0.25) is 0 Å². The van der Waals surface area contributed by atoms with Crippen LogP contribution in [-0.4, -0.2) is 44.8 Å². The van der Waals surface area contributed by atoms with Crippen molar-refractivity contribution >= 4 is 0 Å². The van der Waals surface area contributed by atoms with Gasteiger partial charge in [-0.2, -0.15) is 0 Å². The van der Waals surface area contributed by atoms with Gasteiger partial charge in [-0.1, -0.05) is 13.8 Å². The molecule has 0 unspecified atom stereocenters. The van der Waals surface area contributed by atoms with E-state index in [0.717, 1.165) is 37.7 Å². The molecule has 10 atom stereocenters. The van der Waals surface area contributed by atoms with Gasteiger partial charge in [-0.15, -0.1) is 0 Å². The second-order valence-electron chi connectivity index (χ2n) is 11.2. The second kappa shape index (κ2) is 5.77. The van der Waals surface area contributed by atoms with Gasteiger partial charge in [0.1, 0.15) is 11.7 Å². The fourth-order valence-corrected chi connectivity index (χ4v) is 8.81. The van der Waals surface area contributed by atoms with Gasteiger partial charge in [0.15, 0.2) is 0 Å². The van der Waals surface area contributed by atoms with E-state index in [1.807, 2.05) is 0 Å². The summed E-state index contributed by atoms with van der Waals surface area (Å²) in [4.78, 5) is 11.5. The van der Waals surface area contributed by atoms with Gasteiger partial charge < -0.3 is 24.5 Å². The Hall–Kier alpha value is -1.21. The summed E-state index contributed by atoms with van der Waals surface area (Å²) in [5, 5.41) is 33.1. The van der Waals surface area contributed by atoms with Crippen molar-refractivity contribution in [3.63, 3.8) is 0 Å². The molecule has 1 aromatic rings. The van der Waals surface area contributed by atoms with Crippen molar-refractivity contribution < 1.29 is 24.5 Å². The number of epoxide rings is 1. The molecule has 6 rings (SSSR count). The number of aliphatic hydroxyl groups is 3. The lowest BCUT2D eigenvalue weighted by Crippen LogP contribution is -2.65. The Morgan fingerprint density at radius 2 is 1.73 bits per heavy atom. The molecule has 5 aliphatic rings. The summed E-state index contributed by atoms with van der Waals surface area (Å²) >= 11 is 0. The van der Waals surface area contributed by atoms with E-state index in [2.05, 4.69) is 13.8 Å². The molecule has 0 amide bonds. The molecule has 3 N–H and O–H groups in total. The fraction of sp³-hybridized carbons (Fsp3) is 0.792. The number of hydrogen-bond donors (Lipinski definition) is 3. The van der Waals surface area contributed by atoms with Crippen LogP contribution in [0.4, 0.5) is 0 Å². The highest BCUT2D eigenvalue weighted by Gasteiger charge is 2.84. The summed E-state index contributed by atoms with van der Waals surface area (Å²) in [5.41, 5.74) is -1.17. The number of fused-ring (bicyclic) bond motifs is 3. The lowest BCUT2D eigenvalue weighted by atomic mass is 9.42. The van der Waals surface area contributed by atoms with Crippen LogP contribution in [0.1, 0.15) is 70.3 Å². The molecule has 1 aliphatic heterocycles. The topological polar surface area (TPSA) is 103 Å². The SMILES string of the molecule is C[C@]12CC[C@H](O)C[C@@]1(O)CC[C@@H]1[C@@H]2CC[C@]2(C)[C@@H](c3ccc(=O)oc3)[C@@H](O)[C@@H]3O[C@]132. The molecule has 6 nitrogen and oxygen atoms in total. The quantitative estimate of drug-likeness (QED) is 0.607. The van der Waals surface area contributed by atoms with Gasteiger partial charge >= 0.3 is 5.63 Å². The zero-order valence-electron chi connectivity index (χ0n) is 17.7.